The monoisotopic (exact) mass is 261 g/mol. The Morgan fingerprint density at radius 2 is 2.05 bits per heavy atom. The largest absolute Gasteiger partial charge is 0.486 e. The van der Waals surface area contributed by atoms with Crippen LogP contribution in [0.3, 0.4) is 0 Å². The summed E-state index contributed by atoms with van der Waals surface area (Å²) < 4.78 is 12.8. The van der Waals surface area contributed by atoms with Crippen LogP contribution in [0.15, 0.2) is 24.4 Å². The maximum Gasteiger partial charge on any atom is 0.162 e. The van der Waals surface area contributed by atoms with Crippen LogP contribution in [-0.2, 0) is 6.54 Å². The average molecular weight is 261 g/mol. The standard InChI is InChI=1S/C13H15N3O3/c17-5-1-4-16-11(9-14-15-16)10-2-3-12-13(8-10)19-7-6-18-12/h2-3,8-9,17H,1,4-7H2. The van der Waals surface area contributed by atoms with Crippen molar-refractivity contribution in [3.05, 3.63) is 24.4 Å². The minimum Gasteiger partial charge on any atom is -0.486 e. The molecule has 0 saturated carbocycles. The van der Waals surface area contributed by atoms with E-state index < -0.39 is 0 Å². The third-order valence-corrected chi connectivity index (χ3v) is 2.98. The van der Waals surface area contributed by atoms with E-state index >= 15 is 0 Å². The number of fused-ring (bicyclic) bond motifs is 1. The van der Waals surface area contributed by atoms with Gasteiger partial charge in [-0.15, -0.1) is 5.10 Å². The Morgan fingerprint density at radius 3 is 2.89 bits per heavy atom. The molecule has 2 heterocycles. The highest BCUT2D eigenvalue weighted by atomic mass is 16.6. The number of aliphatic hydroxyl groups is 1. The minimum atomic E-state index is 0.139. The first kappa shape index (κ1) is 12.0. The number of benzene rings is 1. The molecule has 6 heteroatoms. The van der Waals surface area contributed by atoms with Crippen LogP contribution in [0.5, 0.6) is 11.5 Å². The van der Waals surface area contributed by atoms with Gasteiger partial charge in [-0.3, -0.25) is 0 Å². The van der Waals surface area contributed by atoms with Gasteiger partial charge in [0.2, 0.25) is 0 Å². The number of ether oxygens (including phenoxy) is 2. The third-order valence-electron chi connectivity index (χ3n) is 2.98. The van der Waals surface area contributed by atoms with Gasteiger partial charge in [-0.2, -0.15) is 0 Å². The van der Waals surface area contributed by atoms with E-state index in [2.05, 4.69) is 10.3 Å². The molecule has 0 atom stereocenters. The van der Waals surface area contributed by atoms with Gasteiger partial charge in [0.15, 0.2) is 11.5 Å². The van der Waals surface area contributed by atoms with Crippen LogP contribution < -0.4 is 9.47 Å². The number of aryl methyl sites for hydroxylation is 1. The fourth-order valence-corrected chi connectivity index (χ4v) is 2.07. The molecule has 1 aliphatic rings. The smallest absolute Gasteiger partial charge is 0.162 e. The Balaban J connectivity index is 1.91. The quantitative estimate of drug-likeness (QED) is 0.892. The van der Waals surface area contributed by atoms with Crippen molar-refractivity contribution in [1.82, 2.24) is 15.0 Å². The molecule has 0 fully saturated rings. The van der Waals surface area contributed by atoms with Crippen LogP contribution in [0.25, 0.3) is 11.3 Å². The summed E-state index contributed by atoms with van der Waals surface area (Å²) >= 11 is 0. The summed E-state index contributed by atoms with van der Waals surface area (Å²) in [4.78, 5) is 0. The van der Waals surface area contributed by atoms with Gasteiger partial charge in [-0.1, -0.05) is 5.21 Å². The molecule has 19 heavy (non-hydrogen) atoms. The van der Waals surface area contributed by atoms with Gasteiger partial charge in [0.1, 0.15) is 13.2 Å². The number of nitrogens with zero attached hydrogens (tertiary/aromatic N) is 3. The molecule has 100 valence electrons. The predicted molar refractivity (Wildman–Crippen MR) is 68.2 cm³/mol. The van der Waals surface area contributed by atoms with Crippen LogP contribution in [0, 0.1) is 0 Å². The highest BCUT2D eigenvalue weighted by Gasteiger charge is 2.14. The molecule has 0 amide bonds. The van der Waals surface area contributed by atoms with Gasteiger partial charge in [0.25, 0.3) is 0 Å². The summed E-state index contributed by atoms with van der Waals surface area (Å²) in [7, 11) is 0. The summed E-state index contributed by atoms with van der Waals surface area (Å²) in [6.07, 6.45) is 2.36. The summed E-state index contributed by atoms with van der Waals surface area (Å²) in [5, 5.41) is 16.8. The molecule has 0 unspecified atom stereocenters. The normalized spacial score (nSPS) is 13.5. The zero-order valence-corrected chi connectivity index (χ0v) is 10.5. The summed E-state index contributed by atoms with van der Waals surface area (Å²) in [6, 6.07) is 5.79. The molecule has 1 aromatic heterocycles. The second-order valence-electron chi connectivity index (χ2n) is 4.28. The molecule has 0 radical (unpaired) electrons. The fraction of sp³-hybridized carbons (Fsp3) is 0.385. The van der Waals surface area contributed by atoms with Crippen molar-refractivity contribution in [2.45, 2.75) is 13.0 Å². The van der Waals surface area contributed by atoms with Gasteiger partial charge in [-0.05, 0) is 24.6 Å². The number of hydrogen-bond acceptors (Lipinski definition) is 5. The number of aliphatic hydroxyl groups excluding tert-OH is 1. The zero-order valence-electron chi connectivity index (χ0n) is 10.5. The van der Waals surface area contributed by atoms with Gasteiger partial charge in [0.05, 0.1) is 11.9 Å². The van der Waals surface area contributed by atoms with E-state index in [1.165, 1.54) is 0 Å². The Morgan fingerprint density at radius 1 is 1.21 bits per heavy atom. The maximum absolute atomic E-state index is 8.89. The number of rotatable bonds is 4. The lowest BCUT2D eigenvalue weighted by molar-refractivity contribution is 0.171. The molecule has 0 aliphatic carbocycles. The topological polar surface area (TPSA) is 69.4 Å². The van der Waals surface area contributed by atoms with E-state index in [0.717, 1.165) is 22.8 Å². The van der Waals surface area contributed by atoms with Crippen LogP contribution in [0.1, 0.15) is 6.42 Å². The van der Waals surface area contributed by atoms with Crippen molar-refractivity contribution in [1.29, 1.82) is 0 Å². The summed E-state index contributed by atoms with van der Waals surface area (Å²) in [6.45, 7) is 1.93. The fourth-order valence-electron chi connectivity index (χ4n) is 2.07. The molecule has 6 nitrogen and oxygen atoms in total. The predicted octanol–water partition coefficient (Wildman–Crippen LogP) is 1.10. The second-order valence-corrected chi connectivity index (χ2v) is 4.28. The molecule has 0 spiro atoms. The summed E-state index contributed by atoms with van der Waals surface area (Å²) in [5.74, 6) is 1.52. The molecular formula is C13H15N3O3. The van der Waals surface area contributed by atoms with E-state index in [-0.39, 0.29) is 6.61 Å². The van der Waals surface area contributed by atoms with E-state index in [1.54, 1.807) is 10.9 Å². The van der Waals surface area contributed by atoms with Gasteiger partial charge in [-0.25, -0.2) is 4.68 Å². The SMILES string of the molecule is OCCCn1nncc1-c1ccc2c(c1)OCCO2. The Kier molecular flexibility index (Phi) is 3.33. The van der Waals surface area contributed by atoms with E-state index in [9.17, 15) is 0 Å². The summed E-state index contributed by atoms with van der Waals surface area (Å²) in [5.41, 5.74) is 1.89. The first-order valence-electron chi connectivity index (χ1n) is 6.28. The first-order chi connectivity index (χ1) is 9.38. The van der Waals surface area contributed by atoms with Gasteiger partial charge < -0.3 is 14.6 Å². The lowest BCUT2D eigenvalue weighted by Crippen LogP contribution is -2.15. The molecule has 0 bridgehead atoms. The maximum atomic E-state index is 8.89. The first-order valence-corrected chi connectivity index (χ1v) is 6.28. The lowest BCUT2D eigenvalue weighted by Gasteiger charge is -2.18. The Hall–Kier alpha value is -2.08. The highest BCUT2D eigenvalue weighted by molar-refractivity contribution is 5.63. The van der Waals surface area contributed by atoms with Crippen molar-refractivity contribution >= 4 is 0 Å². The molecule has 1 aliphatic heterocycles. The van der Waals surface area contributed by atoms with Gasteiger partial charge in [0, 0.05) is 18.7 Å². The van der Waals surface area contributed by atoms with Crippen molar-refractivity contribution in [3.63, 3.8) is 0 Å². The van der Waals surface area contributed by atoms with E-state index in [0.29, 0.717) is 26.2 Å². The zero-order chi connectivity index (χ0) is 13.1. The van der Waals surface area contributed by atoms with E-state index in [4.69, 9.17) is 14.6 Å². The van der Waals surface area contributed by atoms with Crippen molar-refractivity contribution in [2.75, 3.05) is 19.8 Å². The Labute approximate surface area is 110 Å². The molecule has 1 N–H and O–H groups in total. The molecular weight excluding hydrogens is 246 g/mol. The van der Waals surface area contributed by atoms with Crippen LogP contribution in [0.4, 0.5) is 0 Å². The van der Waals surface area contributed by atoms with E-state index in [1.807, 2.05) is 18.2 Å². The second kappa shape index (κ2) is 5.27. The van der Waals surface area contributed by atoms with Crippen molar-refractivity contribution in [2.24, 2.45) is 0 Å². The third kappa shape index (κ3) is 2.39. The van der Waals surface area contributed by atoms with Crippen molar-refractivity contribution < 1.29 is 14.6 Å². The molecule has 2 aromatic rings. The highest BCUT2D eigenvalue weighted by Crippen LogP contribution is 2.34. The number of aromatic nitrogens is 3. The minimum absolute atomic E-state index is 0.139. The van der Waals surface area contributed by atoms with Gasteiger partial charge >= 0.3 is 0 Å². The van der Waals surface area contributed by atoms with Crippen LogP contribution in [0.2, 0.25) is 0 Å². The van der Waals surface area contributed by atoms with Crippen LogP contribution in [-0.4, -0.2) is 39.9 Å². The number of hydrogen-bond donors (Lipinski definition) is 1. The Bertz CT molecular complexity index is 568. The van der Waals surface area contributed by atoms with Crippen LogP contribution >= 0.6 is 0 Å². The molecule has 3 rings (SSSR count). The van der Waals surface area contributed by atoms with Crippen molar-refractivity contribution in [3.8, 4) is 22.8 Å². The molecule has 1 aromatic carbocycles. The average Bonchev–Trinajstić information content (AvgIpc) is 2.93. The lowest BCUT2D eigenvalue weighted by atomic mass is 10.1. The molecule has 0 saturated heterocycles.